The van der Waals surface area contributed by atoms with Crippen molar-refractivity contribution >= 4 is 40.2 Å². The molecule has 0 saturated carbocycles. The number of rotatable bonds is 3. The van der Waals surface area contributed by atoms with Crippen LogP contribution in [0.2, 0.25) is 0 Å². The number of para-hydroxylation sites is 2. The second kappa shape index (κ2) is 10.7. The maximum atomic E-state index is 6.91. The monoisotopic (exact) mass is 677 g/mol. The van der Waals surface area contributed by atoms with Gasteiger partial charge in [0.25, 0.3) is 6.71 Å². The molecule has 0 unspecified atom stereocenters. The van der Waals surface area contributed by atoms with E-state index in [1.165, 1.54) is 62.7 Å². The Bertz CT molecular complexity index is 2420. The zero-order chi connectivity index (χ0) is 35.7. The van der Waals surface area contributed by atoms with Gasteiger partial charge < -0.3 is 14.4 Å². The molecule has 256 valence electrons. The minimum Gasteiger partial charge on any atom is -0.458 e. The van der Waals surface area contributed by atoms with Crippen LogP contribution in [-0.4, -0.2) is 6.71 Å². The Morgan fingerprint density at radius 2 is 1.15 bits per heavy atom. The minimum atomic E-state index is -0.222. The third-order valence-corrected chi connectivity index (χ3v) is 12.8. The molecule has 10 rings (SSSR count). The van der Waals surface area contributed by atoms with Gasteiger partial charge in [-0.2, -0.15) is 0 Å². The normalized spacial score (nSPS) is 17.3. The molecule has 0 radical (unpaired) electrons. The number of benzene rings is 6. The van der Waals surface area contributed by atoms with E-state index in [1.807, 2.05) is 0 Å². The summed E-state index contributed by atoms with van der Waals surface area (Å²) in [6.45, 7) is 16.8. The van der Waals surface area contributed by atoms with Crippen molar-refractivity contribution in [3.05, 3.63) is 143 Å². The quantitative estimate of drug-likeness (QED) is 0.174. The first-order chi connectivity index (χ1) is 24.9. The van der Waals surface area contributed by atoms with Gasteiger partial charge >= 0.3 is 0 Å². The Morgan fingerprint density at radius 3 is 1.85 bits per heavy atom. The predicted octanol–water partition coefficient (Wildman–Crippen LogP) is 10.8. The van der Waals surface area contributed by atoms with Crippen molar-refractivity contribution in [1.29, 1.82) is 0 Å². The van der Waals surface area contributed by atoms with Gasteiger partial charge in [0.1, 0.15) is 23.0 Å². The third kappa shape index (κ3) is 4.33. The van der Waals surface area contributed by atoms with E-state index in [4.69, 9.17) is 9.47 Å². The van der Waals surface area contributed by atoms with Gasteiger partial charge in [-0.05, 0) is 135 Å². The highest BCUT2D eigenvalue weighted by atomic mass is 16.5. The molecule has 6 aromatic carbocycles. The second-order valence-electron chi connectivity index (χ2n) is 17.2. The van der Waals surface area contributed by atoms with E-state index in [1.54, 1.807) is 0 Å². The third-order valence-electron chi connectivity index (χ3n) is 12.8. The lowest BCUT2D eigenvalue weighted by Crippen LogP contribution is -2.58. The summed E-state index contributed by atoms with van der Waals surface area (Å²) in [5, 5.41) is 0. The Hall–Kier alpha value is -5.22. The molecule has 0 fully saturated rings. The smallest absolute Gasteiger partial charge is 0.260 e. The van der Waals surface area contributed by atoms with Crippen molar-refractivity contribution in [2.24, 2.45) is 0 Å². The van der Waals surface area contributed by atoms with Gasteiger partial charge in [-0.3, -0.25) is 0 Å². The van der Waals surface area contributed by atoms with Crippen LogP contribution in [0.3, 0.4) is 0 Å². The van der Waals surface area contributed by atoms with Crippen molar-refractivity contribution in [2.75, 3.05) is 4.90 Å². The molecule has 0 saturated heterocycles. The van der Waals surface area contributed by atoms with E-state index in [-0.39, 0.29) is 23.0 Å². The molecule has 0 N–H and O–H groups in total. The summed E-state index contributed by atoms with van der Waals surface area (Å²) in [6.07, 6.45) is 2.34. The standard InChI is InChI=1S/C48H44BNO2/c1-29-43-37(46(2,3)23-24-47(43,4)5)28-39-45(29)52-41-20-14-19-40-44(41)49(39)38-27-36-34(26-42(38)51-40)33-22-21-32(25-35(33)48(36,6)7)50(30-15-10-8-11-16-30)31-17-12-9-13-18-31/h8-22,25-28H,23-24H2,1-7H3. The Morgan fingerprint density at radius 1 is 0.538 bits per heavy atom. The molecular formula is C48H44BNO2. The van der Waals surface area contributed by atoms with Crippen molar-refractivity contribution in [3.63, 3.8) is 0 Å². The van der Waals surface area contributed by atoms with Gasteiger partial charge in [-0.15, -0.1) is 0 Å². The molecular weight excluding hydrogens is 633 g/mol. The molecule has 0 spiro atoms. The van der Waals surface area contributed by atoms with Crippen LogP contribution >= 0.6 is 0 Å². The van der Waals surface area contributed by atoms with Crippen LogP contribution in [0.25, 0.3) is 11.1 Å². The van der Waals surface area contributed by atoms with Gasteiger partial charge in [0.15, 0.2) is 0 Å². The zero-order valence-electron chi connectivity index (χ0n) is 31.2. The number of hydrogen-bond acceptors (Lipinski definition) is 3. The molecule has 2 aliphatic carbocycles. The summed E-state index contributed by atoms with van der Waals surface area (Å²) in [6, 6.07) is 42.0. The second-order valence-corrected chi connectivity index (χ2v) is 17.2. The average Bonchev–Trinajstić information content (AvgIpc) is 3.35. The fourth-order valence-electron chi connectivity index (χ4n) is 9.98. The summed E-state index contributed by atoms with van der Waals surface area (Å²) < 4.78 is 13.8. The number of nitrogens with zero attached hydrogens (tertiary/aromatic N) is 1. The first kappa shape index (κ1) is 31.5. The van der Waals surface area contributed by atoms with E-state index in [2.05, 4.69) is 169 Å². The van der Waals surface area contributed by atoms with Gasteiger partial charge in [-0.1, -0.05) is 102 Å². The Balaban J connectivity index is 1.15. The summed E-state index contributed by atoms with van der Waals surface area (Å²) in [4.78, 5) is 2.36. The lowest BCUT2D eigenvalue weighted by atomic mass is 9.34. The van der Waals surface area contributed by atoms with Crippen LogP contribution in [0.15, 0.2) is 115 Å². The van der Waals surface area contributed by atoms with Gasteiger partial charge in [0.05, 0.1) is 0 Å². The summed E-state index contributed by atoms with van der Waals surface area (Å²) in [5.41, 5.74) is 16.5. The van der Waals surface area contributed by atoms with E-state index in [0.29, 0.717) is 0 Å². The molecule has 6 aromatic rings. The Kier molecular flexibility index (Phi) is 6.46. The molecule has 4 aliphatic rings. The zero-order valence-corrected chi connectivity index (χ0v) is 31.2. The van der Waals surface area contributed by atoms with Crippen molar-refractivity contribution in [2.45, 2.75) is 77.6 Å². The number of fused-ring (bicyclic) bond motifs is 8. The highest BCUT2D eigenvalue weighted by molar-refractivity contribution is 6.98. The van der Waals surface area contributed by atoms with Crippen LogP contribution in [0, 0.1) is 6.92 Å². The highest BCUT2D eigenvalue weighted by Gasteiger charge is 2.47. The first-order valence-electron chi connectivity index (χ1n) is 18.8. The molecule has 2 heterocycles. The maximum absolute atomic E-state index is 6.91. The van der Waals surface area contributed by atoms with Gasteiger partial charge in [0.2, 0.25) is 0 Å². The van der Waals surface area contributed by atoms with E-state index in [0.717, 1.165) is 45.5 Å². The van der Waals surface area contributed by atoms with Crippen LogP contribution in [0.4, 0.5) is 17.1 Å². The molecule has 3 nitrogen and oxygen atoms in total. The fraction of sp³-hybridized carbons (Fsp3) is 0.250. The molecule has 4 heteroatoms. The Labute approximate surface area is 308 Å². The van der Waals surface area contributed by atoms with E-state index in [9.17, 15) is 0 Å². The summed E-state index contributed by atoms with van der Waals surface area (Å²) in [5.74, 6) is 3.77. The van der Waals surface area contributed by atoms with Crippen LogP contribution < -0.4 is 30.8 Å². The van der Waals surface area contributed by atoms with Gasteiger partial charge in [-0.25, -0.2) is 0 Å². The number of hydrogen-bond donors (Lipinski definition) is 0. The maximum Gasteiger partial charge on any atom is 0.260 e. The SMILES string of the molecule is Cc1c2c(cc3c1C(C)(C)CCC3(C)C)B1c3cc4c(cc3Oc3cccc(c31)O2)-c1ccc(N(c2ccccc2)c2ccccc2)cc1C4(C)C. The number of ether oxygens (including phenoxy) is 2. The number of anilines is 3. The first-order valence-corrected chi connectivity index (χ1v) is 18.8. The molecule has 0 aromatic heterocycles. The highest BCUT2D eigenvalue weighted by Crippen LogP contribution is 2.53. The topological polar surface area (TPSA) is 21.7 Å². The largest absolute Gasteiger partial charge is 0.458 e. The summed E-state index contributed by atoms with van der Waals surface area (Å²) in [7, 11) is 0. The van der Waals surface area contributed by atoms with Crippen LogP contribution in [0.1, 0.15) is 82.2 Å². The molecule has 0 atom stereocenters. The average molecular weight is 678 g/mol. The molecule has 0 bridgehead atoms. The lowest BCUT2D eigenvalue weighted by Gasteiger charge is -2.45. The summed E-state index contributed by atoms with van der Waals surface area (Å²) >= 11 is 0. The minimum absolute atomic E-state index is 0.0237. The van der Waals surface area contributed by atoms with Crippen LogP contribution in [0.5, 0.6) is 23.0 Å². The molecule has 0 amide bonds. The van der Waals surface area contributed by atoms with Crippen molar-refractivity contribution < 1.29 is 9.47 Å². The van der Waals surface area contributed by atoms with Crippen molar-refractivity contribution in [3.8, 4) is 34.1 Å². The van der Waals surface area contributed by atoms with Crippen molar-refractivity contribution in [1.82, 2.24) is 0 Å². The van der Waals surface area contributed by atoms with Crippen LogP contribution in [-0.2, 0) is 16.2 Å². The lowest BCUT2D eigenvalue weighted by molar-refractivity contribution is 0.328. The fourth-order valence-corrected chi connectivity index (χ4v) is 9.98. The molecule has 52 heavy (non-hydrogen) atoms. The van der Waals surface area contributed by atoms with Gasteiger partial charge in [0, 0.05) is 27.9 Å². The van der Waals surface area contributed by atoms with E-state index >= 15 is 0 Å². The van der Waals surface area contributed by atoms with E-state index < -0.39 is 0 Å². The molecule has 2 aliphatic heterocycles. The predicted molar refractivity (Wildman–Crippen MR) is 216 cm³/mol.